The van der Waals surface area contributed by atoms with Gasteiger partial charge in [-0.25, -0.2) is 27.3 Å². The molecular formula is C31H32BrF4N3O6. The maximum Gasteiger partial charge on any atom is 0.337 e. The zero-order chi connectivity index (χ0) is 32.7. The average Bonchev–Trinajstić information content (AvgIpc) is 2.99. The molecule has 0 atom stereocenters. The van der Waals surface area contributed by atoms with E-state index in [1.54, 1.807) is 17.0 Å². The van der Waals surface area contributed by atoms with Crippen LogP contribution in [0.1, 0.15) is 44.7 Å². The van der Waals surface area contributed by atoms with Gasteiger partial charge in [0, 0.05) is 61.1 Å². The van der Waals surface area contributed by atoms with Gasteiger partial charge in [-0.1, -0.05) is 15.9 Å². The van der Waals surface area contributed by atoms with Crippen molar-refractivity contribution in [1.29, 1.82) is 0 Å². The minimum absolute atomic E-state index is 0.0692. The lowest BCUT2D eigenvalue weighted by atomic mass is 10.1. The van der Waals surface area contributed by atoms with Crippen LogP contribution in [0.4, 0.5) is 23.2 Å². The fraction of sp³-hybridized carbons (Fsp3) is 0.387. The molecule has 3 aromatic rings. The number of carboxylic acid groups (broad SMARTS) is 1. The molecule has 1 aliphatic heterocycles. The van der Waals surface area contributed by atoms with E-state index in [-0.39, 0.29) is 48.9 Å². The maximum absolute atomic E-state index is 15.7. The Hall–Kier alpha value is -3.59. The smallest absolute Gasteiger partial charge is 0.337 e. The zero-order valence-corrected chi connectivity index (χ0v) is 26.2. The molecule has 0 radical (unpaired) electrons. The van der Waals surface area contributed by atoms with Crippen LogP contribution in [0.5, 0.6) is 11.6 Å². The number of amides is 1. The molecule has 0 aliphatic carbocycles. The summed E-state index contributed by atoms with van der Waals surface area (Å²) in [5.74, 6) is -6.90. The Morgan fingerprint density at radius 3 is 2.42 bits per heavy atom. The molecule has 0 bridgehead atoms. The highest BCUT2D eigenvalue weighted by Crippen LogP contribution is 2.35. The lowest BCUT2D eigenvalue weighted by molar-refractivity contribution is -0.0661. The van der Waals surface area contributed by atoms with Crippen LogP contribution in [0.3, 0.4) is 0 Å². The van der Waals surface area contributed by atoms with Gasteiger partial charge in [-0.3, -0.25) is 14.6 Å². The lowest BCUT2D eigenvalue weighted by Gasteiger charge is -2.32. The van der Waals surface area contributed by atoms with E-state index in [4.69, 9.17) is 14.2 Å². The molecular weight excluding hydrogens is 666 g/mol. The van der Waals surface area contributed by atoms with Crippen molar-refractivity contribution in [1.82, 2.24) is 9.88 Å². The predicted molar refractivity (Wildman–Crippen MR) is 160 cm³/mol. The van der Waals surface area contributed by atoms with Crippen LogP contribution in [0.15, 0.2) is 53.1 Å². The van der Waals surface area contributed by atoms with Crippen LogP contribution in [0.25, 0.3) is 0 Å². The highest BCUT2D eigenvalue weighted by Gasteiger charge is 2.35. The number of ether oxygens (including phenoxy) is 3. The number of nitrogens with zero attached hydrogens (tertiary/aromatic N) is 3. The van der Waals surface area contributed by atoms with Gasteiger partial charge < -0.3 is 19.3 Å². The van der Waals surface area contributed by atoms with Crippen molar-refractivity contribution in [3.8, 4) is 11.6 Å². The molecule has 242 valence electrons. The highest BCUT2D eigenvalue weighted by molar-refractivity contribution is 9.10. The molecule has 1 aromatic heterocycles. The molecule has 9 nitrogen and oxygen atoms in total. The second kappa shape index (κ2) is 15.1. The van der Waals surface area contributed by atoms with E-state index in [9.17, 15) is 27.9 Å². The van der Waals surface area contributed by atoms with E-state index in [1.807, 2.05) is 0 Å². The number of likely N-dealkylation sites (tertiary alicyclic amines) is 1. The van der Waals surface area contributed by atoms with Crippen LogP contribution >= 0.6 is 15.9 Å². The fourth-order valence-electron chi connectivity index (χ4n) is 5.14. The first kappa shape index (κ1) is 34.3. The lowest BCUT2D eigenvalue weighted by Crippen LogP contribution is -2.46. The summed E-state index contributed by atoms with van der Waals surface area (Å²) in [6.07, 6.45) is 1.44. The molecule has 1 aliphatic rings. The SMILES string of the molecule is COCC(COC)N(C(=O)c1ccc(Br)cc1)c1cc(F)c(Oc2ncc(CN3CCCC(F)(F)C3)cc2CF)cc1C(=O)O. The summed E-state index contributed by atoms with van der Waals surface area (Å²) >= 11 is 3.31. The van der Waals surface area contributed by atoms with Crippen molar-refractivity contribution in [2.75, 3.05) is 45.4 Å². The second-order valence-electron chi connectivity index (χ2n) is 10.6. The van der Waals surface area contributed by atoms with E-state index >= 15 is 4.39 Å². The summed E-state index contributed by atoms with van der Waals surface area (Å²) < 4.78 is 74.2. The van der Waals surface area contributed by atoms with Crippen LogP contribution in [-0.2, 0) is 22.7 Å². The number of piperidine rings is 1. The normalized spacial score (nSPS) is 14.8. The van der Waals surface area contributed by atoms with Crippen LogP contribution in [-0.4, -0.2) is 79.4 Å². The number of hydrogen-bond donors (Lipinski definition) is 1. The van der Waals surface area contributed by atoms with Gasteiger partial charge in [0.15, 0.2) is 11.6 Å². The maximum atomic E-state index is 15.7. The Balaban J connectivity index is 1.70. The molecule has 1 fully saturated rings. The molecule has 45 heavy (non-hydrogen) atoms. The molecule has 1 amide bonds. The number of rotatable bonds is 13. The van der Waals surface area contributed by atoms with Crippen molar-refractivity contribution >= 4 is 33.5 Å². The van der Waals surface area contributed by atoms with Gasteiger partial charge >= 0.3 is 5.97 Å². The van der Waals surface area contributed by atoms with Gasteiger partial charge in [0.2, 0.25) is 5.88 Å². The topological polar surface area (TPSA) is 101 Å². The number of aromatic nitrogens is 1. The number of carbonyl (C=O) groups excluding carboxylic acids is 1. The molecule has 0 saturated carbocycles. The van der Waals surface area contributed by atoms with E-state index in [1.165, 1.54) is 38.6 Å². The third kappa shape index (κ3) is 8.57. The Morgan fingerprint density at radius 2 is 1.82 bits per heavy atom. The number of methoxy groups -OCH3 is 2. The number of alkyl halides is 3. The molecule has 1 saturated heterocycles. The van der Waals surface area contributed by atoms with E-state index in [0.29, 0.717) is 23.0 Å². The number of carbonyl (C=O) groups is 2. The largest absolute Gasteiger partial charge is 0.478 e. The van der Waals surface area contributed by atoms with E-state index in [0.717, 1.165) is 17.0 Å². The fourth-order valence-corrected chi connectivity index (χ4v) is 5.41. The van der Waals surface area contributed by atoms with Gasteiger partial charge in [0.25, 0.3) is 11.8 Å². The molecule has 2 aromatic carbocycles. The highest BCUT2D eigenvalue weighted by atomic mass is 79.9. The summed E-state index contributed by atoms with van der Waals surface area (Å²) in [5.41, 5.74) is -0.203. The number of aromatic carboxylic acids is 1. The predicted octanol–water partition coefficient (Wildman–Crippen LogP) is 6.48. The standard InChI is InChI=1S/C31H32BrF4N3O6/c1-43-16-23(17-44-2)39(29(40)20-4-6-22(32)7-5-20)26-12-25(34)27(11-24(26)30(41)42)45-28-21(13-33)10-19(14-37-28)15-38-9-3-8-31(35,36)18-38/h4-7,10-12,14,23H,3,8-9,13,15-18H2,1-2H3,(H,41,42). The van der Waals surface area contributed by atoms with Crippen LogP contribution in [0.2, 0.25) is 0 Å². The second-order valence-corrected chi connectivity index (χ2v) is 11.5. The Bertz CT molecular complexity index is 1510. The van der Waals surface area contributed by atoms with Crippen molar-refractivity contribution < 1.29 is 46.5 Å². The van der Waals surface area contributed by atoms with E-state index < -0.39 is 54.2 Å². The minimum Gasteiger partial charge on any atom is -0.478 e. The summed E-state index contributed by atoms with van der Waals surface area (Å²) in [6, 6.07) is 8.57. The molecule has 1 N–H and O–H groups in total. The number of benzene rings is 2. The average molecular weight is 699 g/mol. The molecule has 4 rings (SSSR count). The summed E-state index contributed by atoms with van der Waals surface area (Å²) in [7, 11) is 2.78. The number of hydrogen-bond acceptors (Lipinski definition) is 7. The molecule has 2 heterocycles. The van der Waals surface area contributed by atoms with Crippen molar-refractivity contribution in [2.24, 2.45) is 0 Å². The minimum atomic E-state index is -2.81. The number of carboxylic acids is 1. The monoisotopic (exact) mass is 697 g/mol. The first-order valence-electron chi connectivity index (χ1n) is 13.9. The van der Waals surface area contributed by atoms with Gasteiger partial charge in [-0.2, -0.15) is 0 Å². The first-order valence-corrected chi connectivity index (χ1v) is 14.7. The zero-order valence-electron chi connectivity index (χ0n) is 24.6. The molecule has 0 spiro atoms. The first-order chi connectivity index (χ1) is 21.5. The Morgan fingerprint density at radius 1 is 1.13 bits per heavy atom. The van der Waals surface area contributed by atoms with Crippen LogP contribution < -0.4 is 9.64 Å². The number of halogens is 5. The summed E-state index contributed by atoms with van der Waals surface area (Å²) in [5, 5.41) is 10.1. The molecule has 14 heteroatoms. The van der Waals surface area contributed by atoms with Crippen molar-refractivity contribution in [2.45, 2.75) is 38.0 Å². The number of anilines is 1. The van der Waals surface area contributed by atoms with Gasteiger partial charge in [-0.15, -0.1) is 0 Å². The van der Waals surface area contributed by atoms with E-state index in [2.05, 4.69) is 20.9 Å². The summed E-state index contributed by atoms with van der Waals surface area (Å²) in [6.45, 7) is -1.08. The van der Waals surface area contributed by atoms with Crippen molar-refractivity contribution in [3.63, 3.8) is 0 Å². The van der Waals surface area contributed by atoms with Gasteiger partial charge in [0.05, 0.1) is 37.1 Å². The molecule has 0 unspecified atom stereocenters. The third-order valence-corrected chi connectivity index (χ3v) is 7.67. The van der Waals surface area contributed by atoms with Crippen molar-refractivity contribution in [3.05, 3.63) is 81.2 Å². The third-order valence-electron chi connectivity index (χ3n) is 7.14. The van der Waals surface area contributed by atoms with Crippen LogP contribution in [0, 0.1) is 5.82 Å². The van der Waals surface area contributed by atoms with Gasteiger partial charge in [-0.05, 0) is 48.9 Å². The number of pyridine rings is 1. The summed E-state index contributed by atoms with van der Waals surface area (Å²) in [4.78, 5) is 32.9. The van der Waals surface area contributed by atoms with Gasteiger partial charge in [0.1, 0.15) is 6.67 Å². The quantitative estimate of drug-likeness (QED) is 0.203. The Kier molecular flexibility index (Phi) is 11.5. The Labute approximate surface area is 265 Å².